The van der Waals surface area contributed by atoms with Crippen molar-refractivity contribution in [1.82, 2.24) is 14.9 Å². The zero-order chi connectivity index (χ0) is 11.3. The molecule has 0 aliphatic carbocycles. The lowest BCUT2D eigenvalue weighted by molar-refractivity contribution is 0.210. The minimum atomic E-state index is 0.477. The van der Waals surface area contributed by atoms with Crippen LogP contribution in [0.5, 0.6) is 0 Å². The van der Waals surface area contributed by atoms with Crippen molar-refractivity contribution in [3.05, 3.63) is 18.1 Å². The van der Waals surface area contributed by atoms with Gasteiger partial charge in [-0.2, -0.15) is 0 Å². The molecule has 0 fully saturated rings. The smallest absolute Gasteiger partial charge is 0.141 e. The highest BCUT2D eigenvalue weighted by Crippen LogP contribution is 2.06. The fourth-order valence-electron chi connectivity index (χ4n) is 1.46. The summed E-state index contributed by atoms with van der Waals surface area (Å²) in [6, 6.07) is 0.532. The van der Waals surface area contributed by atoms with Crippen LogP contribution in [-0.4, -0.2) is 27.5 Å². The van der Waals surface area contributed by atoms with E-state index in [9.17, 15) is 0 Å². The Hall–Kier alpha value is -1.16. The third-order valence-corrected chi connectivity index (χ3v) is 2.33. The van der Waals surface area contributed by atoms with Crippen molar-refractivity contribution in [3.63, 3.8) is 0 Å². The number of nitrogens with two attached hydrogens (primary N) is 1. The minimum Gasteiger partial charge on any atom is -0.382 e. The van der Waals surface area contributed by atoms with Crippen molar-refractivity contribution < 1.29 is 0 Å². The van der Waals surface area contributed by atoms with Gasteiger partial charge in [0.25, 0.3) is 0 Å². The molecule has 1 rings (SSSR count). The summed E-state index contributed by atoms with van der Waals surface area (Å²) in [7, 11) is 0. The predicted octanol–water partition coefficient (Wildman–Crippen LogP) is 1.68. The van der Waals surface area contributed by atoms with Gasteiger partial charge in [0.05, 0.1) is 18.1 Å². The number of nitrogens with zero attached hydrogens (tertiary/aromatic N) is 3. The van der Waals surface area contributed by atoms with Crippen LogP contribution in [0.4, 0.5) is 5.82 Å². The number of anilines is 1. The Morgan fingerprint density at radius 1 is 1.33 bits per heavy atom. The summed E-state index contributed by atoms with van der Waals surface area (Å²) in [5, 5.41) is 0. The third-order valence-electron chi connectivity index (χ3n) is 2.33. The molecule has 0 aromatic carbocycles. The molecule has 0 saturated heterocycles. The van der Waals surface area contributed by atoms with Crippen LogP contribution < -0.4 is 5.73 Å². The quantitative estimate of drug-likeness (QED) is 0.800. The highest BCUT2D eigenvalue weighted by molar-refractivity contribution is 5.22. The maximum atomic E-state index is 5.49. The second-order valence-corrected chi connectivity index (χ2v) is 4.00. The van der Waals surface area contributed by atoms with Crippen LogP contribution in [0.15, 0.2) is 12.4 Å². The first kappa shape index (κ1) is 11.9. The maximum Gasteiger partial charge on any atom is 0.141 e. The van der Waals surface area contributed by atoms with E-state index in [0.29, 0.717) is 11.9 Å². The van der Waals surface area contributed by atoms with Crippen molar-refractivity contribution in [2.75, 3.05) is 12.3 Å². The number of hydrogen-bond donors (Lipinski definition) is 1. The van der Waals surface area contributed by atoms with Gasteiger partial charge < -0.3 is 5.73 Å². The number of hydrogen-bond acceptors (Lipinski definition) is 4. The molecule has 0 saturated carbocycles. The number of nitrogen functional groups attached to an aromatic ring is 1. The Morgan fingerprint density at radius 2 is 2.07 bits per heavy atom. The second kappa shape index (κ2) is 5.66. The highest BCUT2D eigenvalue weighted by Gasteiger charge is 2.09. The lowest BCUT2D eigenvalue weighted by Gasteiger charge is -2.25. The van der Waals surface area contributed by atoms with Crippen LogP contribution in [0.2, 0.25) is 0 Å². The normalized spacial score (nSPS) is 11.3. The molecule has 1 aromatic heterocycles. The molecule has 0 amide bonds. The number of rotatable bonds is 5. The van der Waals surface area contributed by atoms with Gasteiger partial charge in [0.2, 0.25) is 0 Å². The molecule has 4 nitrogen and oxygen atoms in total. The zero-order valence-corrected chi connectivity index (χ0v) is 9.77. The highest BCUT2D eigenvalue weighted by atomic mass is 15.1. The van der Waals surface area contributed by atoms with E-state index in [4.69, 9.17) is 5.73 Å². The largest absolute Gasteiger partial charge is 0.382 e. The van der Waals surface area contributed by atoms with Gasteiger partial charge in [0.15, 0.2) is 0 Å². The summed E-state index contributed by atoms with van der Waals surface area (Å²) in [5.74, 6) is 0.477. The van der Waals surface area contributed by atoms with Gasteiger partial charge in [-0.25, -0.2) is 4.98 Å². The molecule has 15 heavy (non-hydrogen) atoms. The molecule has 84 valence electrons. The van der Waals surface area contributed by atoms with Crippen LogP contribution in [0.25, 0.3) is 0 Å². The monoisotopic (exact) mass is 208 g/mol. The van der Waals surface area contributed by atoms with Gasteiger partial charge in [-0.1, -0.05) is 6.92 Å². The van der Waals surface area contributed by atoms with Crippen molar-refractivity contribution in [2.45, 2.75) is 39.8 Å². The van der Waals surface area contributed by atoms with E-state index in [1.54, 1.807) is 12.4 Å². The summed E-state index contributed by atoms with van der Waals surface area (Å²) in [4.78, 5) is 10.7. The fraction of sp³-hybridized carbons (Fsp3) is 0.636. The molecule has 0 spiro atoms. The molecule has 0 radical (unpaired) electrons. The van der Waals surface area contributed by atoms with E-state index >= 15 is 0 Å². The van der Waals surface area contributed by atoms with Gasteiger partial charge in [-0.05, 0) is 26.8 Å². The first-order valence-corrected chi connectivity index (χ1v) is 5.44. The SMILES string of the molecule is CCCN(Cc1cnc(N)cn1)C(C)C. The molecule has 4 heteroatoms. The Labute approximate surface area is 91.5 Å². The summed E-state index contributed by atoms with van der Waals surface area (Å²) < 4.78 is 0. The zero-order valence-electron chi connectivity index (χ0n) is 9.77. The van der Waals surface area contributed by atoms with Gasteiger partial charge in [0.1, 0.15) is 5.82 Å². The van der Waals surface area contributed by atoms with Crippen molar-refractivity contribution in [3.8, 4) is 0 Å². The Morgan fingerprint density at radius 3 is 2.53 bits per heavy atom. The lowest BCUT2D eigenvalue weighted by Crippen LogP contribution is -2.31. The molecule has 0 unspecified atom stereocenters. The number of aromatic nitrogens is 2. The van der Waals surface area contributed by atoms with Crippen LogP contribution in [0.1, 0.15) is 32.9 Å². The molecular weight excluding hydrogens is 188 g/mol. The van der Waals surface area contributed by atoms with E-state index in [1.807, 2.05) is 0 Å². The van der Waals surface area contributed by atoms with E-state index < -0.39 is 0 Å². The fourth-order valence-corrected chi connectivity index (χ4v) is 1.46. The summed E-state index contributed by atoms with van der Waals surface area (Å²) in [6.45, 7) is 8.51. The van der Waals surface area contributed by atoms with Crippen LogP contribution in [-0.2, 0) is 6.54 Å². The minimum absolute atomic E-state index is 0.477. The maximum absolute atomic E-state index is 5.49. The lowest BCUT2D eigenvalue weighted by atomic mass is 10.2. The average Bonchev–Trinajstić information content (AvgIpc) is 2.20. The third kappa shape index (κ3) is 3.83. The molecule has 0 atom stereocenters. The predicted molar refractivity (Wildman–Crippen MR) is 62.3 cm³/mol. The second-order valence-electron chi connectivity index (χ2n) is 4.00. The molecular formula is C11H20N4. The van der Waals surface area contributed by atoms with Gasteiger partial charge >= 0.3 is 0 Å². The van der Waals surface area contributed by atoms with E-state index in [1.165, 1.54) is 0 Å². The van der Waals surface area contributed by atoms with Crippen molar-refractivity contribution in [1.29, 1.82) is 0 Å². The first-order valence-electron chi connectivity index (χ1n) is 5.44. The van der Waals surface area contributed by atoms with Crippen LogP contribution in [0, 0.1) is 0 Å². The standard InChI is InChI=1S/C11H20N4/c1-4-5-15(9(2)3)8-10-6-14-11(12)7-13-10/h6-7,9H,4-5,8H2,1-3H3,(H2,12,14). The molecule has 0 aliphatic heterocycles. The van der Waals surface area contributed by atoms with Crippen molar-refractivity contribution in [2.24, 2.45) is 0 Å². The van der Waals surface area contributed by atoms with E-state index in [0.717, 1.165) is 25.2 Å². The van der Waals surface area contributed by atoms with Gasteiger partial charge in [-0.3, -0.25) is 9.88 Å². The molecule has 1 aromatic rings. The molecule has 0 aliphatic rings. The Kier molecular flexibility index (Phi) is 4.49. The molecule has 0 bridgehead atoms. The van der Waals surface area contributed by atoms with Crippen LogP contribution >= 0.6 is 0 Å². The molecule has 1 heterocycles. The summed E-state index contributed by atoms with van der Waals surface area (Å²) in [6.07, 6.45) is 4.51. The van der Waals surface area contributed by atoms with Crippen LogP contribution in [0.3, 0.4) is 0 Å². The first-order chi connectivity index (χ1) is 7.13. The van der Waals surface area contributed by atoms with E-state index in [-0.39, 0.29) is 0 Å². The Bertz CT molecular complexity index is 281. The van der Waals surface area contributed by atoms with E-state index in [2.05, 4.69) is 35.6 Å². The topological polar surface area (TPSA) is 55.0 Å². The van der Waals surface area contributed by atoms with Gasteiger partial charge in [0, 0.05) is 12.6 Å². The van der Waals surface area contributed by atoms with Gasteiger partial charge in [-0.15, -0.1) is 0 Å². The average molecular weight is 208 g/mol. The summed E-state index contributed by atoms with van der Waals surface area (Å²) in [5.41, 5.74) is 6.47. The Balaban J connectivity index is 2.61. The molecule has 2 N–H and O–H groups in total. The summed E-state index contributed by atoms with van der Waals surface area (Å²) >= 11 is 0. The van der Waals surface area contributed by atoms with Crippen molar-refractivity contribution >= 4 is 5.82 Å².